The number of hydrogen-bond acceptors (Lipinski definition) is 3. The van der Waals surface area contributed by atoms with Gasteiger partial charge in [0.2, 0.25) is 0 Å². The van der Waals surface area contributed by atoms with Crippen LogP contribution in [0, 0.1) is 5.92 Å². The van der Waals surface area contributed by atoms with Crippen molar-refractivity contribution in [1.82, 2.24) is 4.90 Å². The van der Waals surface area contributed by atoms with Gasteiger partial charge in [-0.3, -0.25) is 4.72 Å². The molecule has 1 N–H and O–H groups in total. The molecule has 1 saturated carbocycles. The van der Waals surface area contributed by atoms with Gasteiger partial charge in [-0.05, 0) is 85.0 Å². The second-order valence-corrected chi connectivity index (χ2v) is 13.2. The van der Waals surface area contributed by atoms with E-state index < -0.39 is 21.8 Å². The Morgan fingerprint density at radius 2 is 1.73 bits per heavy atom. The molecular formula is C32H33F3N2O2S. The minimum absolute atomic E-state index is 0.000363. The van der Waals surface area contributed by atoms with Gasteiger partial charge in [0, 0.05) is 23.7 Å². The number of hydrogen-bond donors (Lipinski definition) is 1. The zero-order valence-electron chi connectivity index (χ0n) is 22.4. The first-order valence-electron chi connectivity index (χ1n) is 13.9. The van der Waals surface area contributed by atoms with Crippen molar-refractivity contribution >= 4 is 21.8 Å². The van der Waals surface area contributed by atoms with Gasteiger partial charge in [0.1, 0.15) is 0 Å². The molecule has 1 aliphatic heterocycles. The lowest BCUT2D eigenvalue weighted by atomic mass is 9.68. The molecule has 1 saturated heterocycles. The Balaban J connectivity index is 1.18. The molecule has 210 valence electrons. The van der Waals surface area contributed by atoms with E-state index >= 15 is 0 Å². The second-order valence-electron chi connectivity index (χ2n) is 11.5. The number of likely N-dealkylation sites (tertiary alicyclic amines) is 1. The Morgan fingerprint density at radius 3 is 2.48 bits per heavy atom. The number of sulfonamides is 1. The summed E-state index contributed by atoms with van der Waals surface area (Å²) >= 11 is 0. The Bertz CT molecular complexity index is 1540. The van der Waals surface area contributed by atoms with Crippen LogP contribution in [0.4, 0.5) is 18.9 Å². The first kappa shape index (κ1) is 27.1. The summed E-state index contributed by atoms with van der Waals surface area (Å²) in [6, 6.07) is 20.3. The second kappa shape index (κ2) is 10.1. The van der Waals surface area contributed by atoms with Gasteiger partial charge >= 0.3 is 6.18 Å². The van der Waals surface area contributed by atoms with Crippen LogP contribution in [0.25, 0.3) is 6.08 Å². The van der Waals surface area contributed by atoms with Crippen molar-refractivity contribution in [1.29, 1.82) is 0 Å². The lowest BCUT2D eigenvalue weighted by Gasteiger charge is -2.46. The van der Waals surface area contributed by atoms with Crippen LogP contribution in [0.15, 0.2) is 83.8 Å². The molecule has 3 aromatic carbocycles. The lowest BCUT2D eigenvalue weighted by molar-refractivity contribution is -0.138. The number of halogens is 3. The largest absolute Gasteiger partial charge is 0.416 e. The van der Waals surface area contributed by atoms with E-state index in [0.29, 0.717) is 18.8 Å². The van der Waals surface area contributed by atoms with Gasteiger partial charge in [-0.1, -0.05) is 67.6 Å². The Labute approximate surface area is 234 Å². The number of allylic oxidation sites excluding steroid dienone is 1. The number of benzene rings is 3. The van der Waals surface area contributed by atoms with Crippen molar-refractivity contribution in [3.05, 3.63) is 101 Å². The van der Waals surface area contributed by atoms with Crippen molar-refractivity contribution < 1.29 is 21.6 Å². The molecule has 3 aromatic rings. The van der Waals surface area contributed by atoms with Crippen molar-refractivity contribution in [2.45, 2.75) is 61.1 Å². The molecule has 8 heteroatoms. The smallest absolute Gasteiger partial charge is 0.300 e. The fourth-order valence-electron chi connectivity index (χ4n) is 7.16. The van der Waals surface area contributed by atoms with Crippen LogP contribution in [0.3, 0.4) is 0 Å². The third-order valence-electron chi connectivity index (χ3n) is 9.25. The summed E-state index contributed by atoms with van der Waals surface area (Å²) in [5.41, 5.74) is 2.13. The molecule has 4 nitrogen and oxygen atoms in total. The van der Waals surface area contributed by atoms with E-state index in [0.717, 1.165) is 32.0 Å². The summed E-state index contributed by atoms with van der Waals surface area (Å²) in [5, 5.41) is 0. The molecule has 4 atom stereocenters. The molecule has 0 amide bonds. The van der Waals surface area contributed by atoms with E-state index in [2.05, 4.69) is 53.0 Å². The number of piperidine rings is 1. The van der Waals surface area contributed by atoms with Crippen LogP contribution in [0.5, 0.6) is 0 Å². The zero-order chi connectivity index (χ0) is 28.1. The Morgan fingerprint density at radius 1 is 0.975 bits per heavy atom. The monoisotopic (exact) mass is 566 g/mol. The summed E-state index contributed by atoms with van der Waals surface area (Å²) < 4.78 is 70.4. The first-order chi connectivity index (χ1) is 19.1. The average molecular weight is 567 g/mol. The van der Waals surface area contributed by atoms with E-state index in [1.807, 2.05) is 0 Å². The van der Waals surface area contributed by atoms with Crippen LogP contribution in [0.2, 0.25) is 0 Å². The summed E-state index contributed by atoms with van der Waals surface area (Å²) in [5.74, 6) is 0.183. The molecule has 6 rings (SSSR count). The number of fused-ring (bicyclic) bond motifs is 2. The van der Waals surface area contributed by atoms with E-state index in [9.17, 15) is 21.6 Å². The van der Waals surface area contributed by atoms with Crippen molar-refractivity contribution in [3.63, 3.8) is 0 Å². The van der Waals surface area contributed by atoms with E-state index in [4.69, 9.17) is 0 Å². The molecule has 0 radical (unpaired) electrons. The summed E-state index contributed by atoms with van der Waals surface area (Å²) in [6.45, 7) is 4.14. The standard InChI is InChI=1S/C32H33F3N2O2S/c1-22-21-37(18-17-31(22)16-15-23-7-5-6-10-29(23)31)26-13-11-24(19-26)28-14-12-25(20-30(28)32(33,34)35)36-40(38,39)27-8-3-2-4-9-27/h2-10,12,14-16,20,22,24,26,36H,11,13,17-19,21H2,1H3/t22-,24?,26?,31?/m0/s1. The fourth-order valence-corrected chi connectivity index (χ4v) is 8.23. The van der Waals surface area contributed by atoms with E-state index in [1.165, 1.54) is 35.4 Å². The molecule has 3 unspecified atom stereocenters. The maximum Gasteiger partial charge on any atom is 0.416 e. The molecule has 40 heavy (non-hydrogen) atoms. The summed E-state index contributed by atoms with van der Waals surface area (Å²) in [6.07, 6.45) is 3.22. The van der Waals surface area contributed by atoms with Crippen LogP contribution >= 0.6 is 0 Å². The number of nitrogens with one attached hydrogen (secondary N) is 1. The van der Waals surface area contributed by atoms with E-state index in [-0.39, 0.29) is 33.5 Å². The van der Waals surface area contributed by atoms with Gasteiger partial charge in [0.15, 0.2) is 0 Å². The molecule has 0 aromatic heterocycles. The first-order valence-corrected chi connectivity index (χ1v) is 15.4. The van der Waals surface area contributed by atoms with Gasteiger partial charge < -0.3 is 4.90 Å². The lowest BCUT2D eigenvalue weighted by Crippen LogP contribution is -2.50. The molecule has 0 bridgehead atoms. The number of anilines is 1. The van der Waals surface area contributed by atoms with Crippen LogP contribution < -0.4 is 4.72 Å². The van der Waals surface area contributed by atoms with Crippen molar-refractivity contribution in [3.8, 4) is 0 Å². The molecule has 3 aliphatic rings. The average Bonchev–Trinajstić information content (AvgIpc) is 3.57. The predicted octanol–water partition coefficient (Wildman–Crippen LogP) is 7.45. The van der Waals surface area contributed by atoms with Gasteiger partial charge in [0.05, 0.1) is 10.5 Å². The maximum absolute atomic E-state index is 14.2. The van der Waals surface area contributed by atoms with E-state index in [1.54, 1.807) is 18.2 Å². The molecule has 1 heterocycles. The summed E-state index contributed by atoms with van der Waals surface area (Å²) in [7, 11) is -3.99. The highest BCUT2D eigenvalue weighted by Gasteiger charge is 2.46. The maximum atomic E-state index is 14.2. The highest BCUT2D eigenvalue weighted by atomic mass is 32.2. The third-order valence-corrected chi connectivity index (χ3v) is 10.6. The highest BCUT2D eigenvalue weighted by Crippen LogP contribution is 2.49. The van der Waals surface area contributed by atoms with Gasteiger partial charge in [-0.25, -0.2) is 8.42 Å². The quantitative estimate of drug-likeness (QED) is 0.349. The normalized spacial score (nSPS) is 26.8. The number of alkyl halides is 3. The predicted molar refractivity (Wildman–Crippen MR) is 152 cm³/mol. The molecule has 2 fully saturated rings. The van der Waals surface area contributed by atoms with Crippen molar-refractivity contribution in [2.24, 2.45) is 5.92 Å². The van der Waals surface area contributed by atoms with Crippen LogP contribution in [-0.2, 0) is 21.6 Å². The zero-order valence-corrected chi connectivity index (χ0v) is 23.2. The van der Waals surface area contributed by atoms with Gasteiger partial charge in [-0.15, -0.1) is 0 Å². The van der Waals surface area contributed by atoms with Gasteiger partial charge in [-0.2, -0.15) is 13.2 Å². The highest BCUT2D eigenvalue weighted by molar-refractivity contribution is 7.92. The summed E-state index contributed by atoms with van der Waals surface area (Å²) in [4.78, 5) is 2.49. The Kier molecular flexibility index (Phi) is 6.82. The fraction of sp³-hybridized carbons (Fsp3) is 0.375. The molecule has 2 aliphatic carbocycles. The third kappa shape index (κ3) is 4.85. The topological polar surface area (TPSA) is 49.4 Å². The SMILES string of the molecule is C[C@H]1CN(C2CCC(c3ccc(NS(=O)(=O)c4ccccc4)cc3C(F)(F)F)C2)CCC12C=Cc1ccccc12. The van der Waals surface area contributed by atoms with Crippen molar-refractivity contribution in [2.75, 3.05) is 17.8 Å². The molecule has 1 spiro atoms. The molecular weight excluding hydrogens is 533 g/mol. The van der Waals surface area contributed by atoms with Crippen LogP contribution in [-0.4, -0.2) is 32.4 Å². The Hall–Kier alpha value is -3.10. The minimum atomic E-state index is -4.59. The number of rotatable bonds is 5. The van der Waals surface area contributed by atoms with Gasteiger partial charge in [0.25, 0.3) is 10.0 Å². The minimum Gasteiger partial charge on any atom is -0.300 e. The number of nitrogens with zero attached hydrogens (tertiary/aromatic N) is 1. The van der Waals surface area contributed by atoms with Crippen LogP contribution in [0.1, 0.15) is 60.8 Å².